The molecule has 1 aromatic carbocycles. The average molecular weight is 247 g/mol. The van der Waals surface area contributed by atoms with Crippen molar-refractivity contribution in [1.29, 1.82) is 0 Å². The molecule has 0 unspecified atom stereocenters. The summed E-state index contributed by atoms with van der Waals surface area (Å²) in [5, 5.41) is 11.5. The van der Waals surface area contributed by atoms with E-state index in [2.05, 4.69) is 5.16 Å². The first-order valence-corrected chi connectivity index (χ1v) is 5.96. The highest BCUT2D eigenvalue weighted by atomic mass is 16.4. The van der Waals surface area contributed by atoms with Gasteiger partial charge in [-0.15, -0.1) is 0 Å². The molecule has 0 radical (unpaired) electrons. The van der Waals surface area contributed by atoms with E-state index in [1.54, 1.807) is 36.2 Å². The molecule has 0 spiro atoms. The van der Waals surface area contributed by atoms with Crippen molar-refractivity contribution in [2.75, 3.05) is 11.9 Å². The quantitative estimate of drug-likeness (QED) is 0.366. The number of oxime groups is 1. The van der Waals surface area contributed by atoms with Gasteiger partial charge in [0.15, 0.2) is 5.84 Å². The lowest BCUT2D eigenvalue weighted by Crippen LogP contribution is -2.26. The first-order chi connectivity index (χ1) is 8.61. The van der Waals surface area contributed by atoms with Crippen LogP contribution >= 0.6 is 0 Å². The molecule has 0 heterocycles. The van der Waals surface area contributed by atoms with Gasteiger partial charge in [-0.3, -0.25) is 4.79 Å². The van der Waals surface area contributed by atoms with E-state index >= 15 is 0 Å². The lowest BCUT2D eigenvalue weighted by atomic mass is 10.1. The zero-order valence-electron chi connectivity index (χ0n) is 10.3. The summed E-state index contributed by atoms with van der Waals surface area (Å²) < 4.78 is 0. The zero-order valence-corrected chi connectivity index (χ0v) is 10.3. The van der Waals surface area contributed by atoms with Crippen LogP contribution in [-0.2, 0) is 4.79 Å². The van der Waals surface area contributed by atoms with Crippen LogP contribution in [0.2, 0.25) is 0 Å². The highest BCUT2D eigenvalue weighted by molar-refractivity contribution is 5.98. The van der Waals surface area contributed by atoms with Crippen LogP contribution in [0.4, 0.5) is 5.69 Å². The minimum absolute atomic E-state index is 0.0634. The van der Waals surface area contributed by atoms with Crippen LogP contribution in [0.1, 0.15) is 24.8 Å². The molecule has 0 atom stereocenters. The summed E-state index contributed by atoms with van der Waals surface area (Å²) in [4.78, 5) is 13.6. The number of carbonyl (C=O) groups excluding carboxylic acids is 1. The Kier molecular flexibility index (Phi) is 3.50. The van der Waals surface area contributed by atoms with E-state index in [9.17, 15) is 4.79 Å². The Morgan fingerprint density at radius 3 is 2.56 bits per heavy atom. The van der Waals surface area contributed by atoms with E-state index in [1.165, 1.54) is 12.8 Å². The second-order valence-electron chi connectivity index (χ2n) is 4.63. The maximum atomic E-state index is 11.9. The molecule has 1 saturated carbocycles. The van der Waals surface area contributed by atoms with E-state index in [0.29, 0.717) is 17.9 Å². The summed E-state index contributed by atoms with van der Waals surface area (Å²) in [6.45, 7) is 0. The minimum Gasteiger partial charge on any atom is -0.409 e. The van der Waals surface area contributed by atoms with Crippen LogP contribution in [0.5, 0.6) is 0 Å². The summed E-state index contributed by atoms with van der Waals surface area (Å²) >= 11 is 0. The zero-order chi connectivity index (χ0) is 13.1. The van der Waals surface area contributed by atoms with Crippen molar-refractivity contribution < 1.29 is 10.0 Å². The van der Waals surface area contributed by atoms with Crippen LogP contribution in [0.25, 0.3) is 0 Å². The standard InChI is InChI=1S/C13H17N3O2/c1-16(12(17)8-9-2-3-9)11-6-4-10(5-7-11)13(14)15-18/h4-7,9,18H,2-3,8H2,1H3,(H2,14,15). The summed E-state index contributed by atoms with van der Waals surface area (Å²) in [5.74, 6) is 0.777. The first-order valence-electron chi connectivity index (χ1n) is 5.96. The fourth-order valence-corrected chi connectivity index (χ4v) is 1.76. The van der Waals surface area contributed by atoms with Gasteiger partial charge in [0.25, 0.3) is 0 Å². The van der Waals surface area contributed by atoms with E-state index in [1.807, 2.05) is 0 Å². The highest BCUT2D eigenvalue weighted by Crippen LogP contribution is 2.33. The maximum absolute atomic E-state index is 11.9. The third-order valence-electron chi connectivity index (χ3n) is 3.19. The van der Waals surface area contributed by atoms with E-state index in [0.717, 1.165) is 5.69 Å². The van der Waals surface area contributed by atoms with Gasteiger partial charge in [-0.2, -0.15) is 0 Å². The van der Waals surface area contributed by atoms with Gasteiger partial charge < -0.3 is 15.8 Å². The summed E-state index contributed by atoms with van der Waals surface area (Å²) in [7, 11) is 1.77. The number of carbonyl (C=O) groups is 1. The Morgan fingerprint density at radius 1 is 1.44 bits per heavy atom. The average Bonchev–Trinajstić information content (AvgIpc) is 3.21. The largest absolute Gasteiger partial charge is 0.409 e. The number of amidine groups is 1. The Labute approximate surface area is 106 Å². The molecule has 5 nitrogen and oxygen atoms in total. The van der Waals surface area contributed by atoms with Gasteiger partial charge >= 0.3 is 0 Å². The van der Waals surface area contributed by atoms with Crippen LogP contribution in [0, 0.1) is 5.92 Å². The Morgan fingerprint density at radius 2 is 2.06 bits per heavy atom. The third kappa shape index (κ3) is 2.80. The molecule has 1 aliphatic rings. The lowest BCUT2D eigenvalue weighted by molar-refractivity contribution is -0.118. The van der Waals surface area contributed by atoms with Crippen molar-refractivity contribution in [1.82, 2.24) is 0 Å². The van der Waals surface area contributed by atoms with E-state index < -0.39 is 0 Å². The van der Waals surface area contributed by atoms with Crippen molar-refractivity contribution in [3.63, 3.8) is 0 Å². The monoisotopic (exact) mass is 247 g/mol. The van der Waals surface area contributed by atoms with Crippen molar-refractivity contribution in [3.8, 4) is 0 Å². The van der Waals surface area contributed by atoms with Gasteiger partial charge in [-0.05, 0) is 43.0 Å². The first kappa shape index (κ1) is 12.4. The van der Waals surface area contributed by atoms with Crippen molar-refractivity contribution in [2.45, 2.75) is 19.3 Å². The molecule has 1 aliphatic carbocycles. The molecule has 1 aromatic rings. The number of nitrogens with two attached hydrogens (primary N) is 1. The second kappa shape index (κ2) is 5.08. The molecule has 18 heavy (non-hydrogen) atoms. The molecule has 3 N–H and O–H groups in total. The summed E-state index contributed by atoms with van der Waals surface area (Å²) in [6.07, 6.45) is 2.96. The number of hydrogen-bond donors (Lipinski definition) is 2. The van der Waals surface area contributed by atoms with E-state index in [-0.39, 0.29) is 11.7 Å². The number of nitrogens with zero attached hydrogens (tertiary/aromatic N) is 2. The Hall–Kier alpha value is -2.04. The molecule has 1 fully saturated rings. The van der Waals surface area contributed by atoms with Crippen LogP contribution in [-0.4, -0.2) is 24.0 Å². The van der Waals surface area contributed by atoms with Gasteiger partial charge in [-0.1, -0.05) is 5.16 Å². The summed E-state index contributed by atoms with van der Waals surface area (Å²) in [6, 6.07) is 7.03. The van der Waals surface area contributed by atoms with Crippen LogP contribution in [0.3, 0.4) is 0 Å². The number of amides is 1. The molecule has 0 bridgehead atoms. The predicted molar refractivity (Wildman–Crippen MR) is 69.7 cm³/mol. The number of benzene rings is 1. The SMILES string of the molecule is CN(C(=O)CC1CC1)c1ccc(C(N)=NO)cc1. The van der Waals surface area contributed by atoms with Crippen molar-refractivity contribution in [3.05, 3.63) is 29.8 Å². The highest BCUT2D eigenvalue weighted by Gasteiger charge is 2.26. The molecule has 0 aliphatic heterocycles. The van der Waals surface area contributed by atoms with E-state index in [4.69, 9.17) is 10.9 Å². The van der Waals surface area contributed by atoms with Gasteiger partial charge in [-0.25, -0.2) is 0 Å². The Balaban J connectivity index is 2.05. The van der Waals surface area contributed by atoms with Gasteiger partial charge in [0.1, 0.15) is 0 Å². The number of hydrogen-bond acceptors (Lipinski definition) is 3. The van der Waals surface area contributed by atoms with Crippen molar-refractivity contribution >= 4 is 17.4 Å². The smallest absolute Gasteiger partial charge is 0.226 e. The Bertz CT molecular complexity index is 464. The summed E-state index contributed by atoms with van der Waals surface area (Å²) in [5.41, 5.74) is 6.92. The normalized spacial score (nSPS) is 15.5. The fraction of sp³-hybridized carbons (Fsp3) is 0.385. The maximum Gasteiger partial charge on any atom is 0.226 e. The van der Waals surface area contributed by atoms with Crippen LogP contribution < -0.4 is 10.6 Å². The molecule has 1 amide bonds. The molecule has 0 saturated heterocycles. The fourth-order valence-electron chi connectivity index (χ4n) is 1.76. The molecular formula is C13H17N3O2. The third-order valence-corrected chi connectivity index (χ3v) is 3.19. The predicted octanol–water partition coefficient (Wildman–Crippen LogP) is 1.54. The molecule has 96 valence electrons. The lowest BCUT2D eigenvalue weighted by Gasteiger charge is -2.17. The van der Waals surface area contributed by atoms with Crippen molar-refractivity contribution in [2.24, 2.45) is 16.8 Å². The van der Waals surface area contributed by atoms with Crippen LogP contribution in [0.15, 0.2) is 29.4 Å². The number of rotatable bonds is 4. The minimum atomic E-state index is 0.0634. The molecule has 2 rings (SSSR count). The van der Waals surface area contributed by atoms with Gasteiger partial charge in [0.05, 0.1) is 0 Å². The van der Waals surface area contributed by atoms with Gasteiger partial charge in [0, 0.05) is 24.7 Å². The van der Waals surface area contributed by atoms with Gasteiger partial charge in [0.2, 0.25) is 5.91 Å². The molecule has 0 aromatic heterocycles. The topological polar surface area (TPSA) is 78.9 Å². The molecule has 5 heteroatoms. The number of anilines is 1. The second-order valence-corrected chi connectivity index (χ2v) is 4.63. The molecular weight excluding hydrogens is 230 g/mol.